The Morgan fingerprint density at radius 1 is 1.23 bits per heavy atom. The molecule has 0 aliphatic rings. The molecule has 0 saturated carbocycles. The molecule has 0 radical (unpaired) electrons. The van der Waals surface area contributed by atoms with Crippen LogP contribution < -0.4 is 15.6 Å². The Balaban J connectivity index is 2.09. The number of aromatic amines is 1. The van der Waals surface area contributed by atoms with Gasteiger partial charge in [0, 0.05) is 18.3 Å². The largest absolute Gasteiger partial charge is 0.483 e. The first-order valence-electron chi connectivity index (χ1n) is 7.34. The molecule has 0 aliphatic carbocycles. The van der Waals surface area contributed by atoms with Gasteiger partial charge >= 0.3 is 0 Å². The molecule has 22 heavy (non-hydrogen) atoms. The third-order valence-electron chi connectivity index (χ3n) is 3.15. The summed E-state index contributed by atoms with van der Waals surface area (Å²) in [6, 6.07) is 11.3. The van der Waals surface area contributed by atoms with Crippen molar-refractivity contribution in [2.75, 3.05) is 6.54 Å². The van der Waals surface area contributed by atoms with Gasteiger partial charge in [0.1, 0.15) is 6.61 Å². The summed E-state index contributed by atoms with van der Waals surface area (Å²) < 4.78 is 5.64. The van der Waals surface area contributed by atoms with Crippen molar-refractivity contribution in [1.29, 1.82) is 0 Å². The second-order valence-corrected chi connectivity index (χ2v) is 4.96. The average molecular weight is 300 g/mol. The summed E-state index contributed by atoms with van der Waals surface area (Å²) in [7, 11) is 0. The molecule has 0 atom stereocenters. The van der Waals surface area contributed by atoms with Crippen LogP contribution in [-0.2, 0) is 17.8 Å². The second-order valence-electron chi connectivity index (χ2n) is 4.96. The van der Waals surface area contributed by atoms with Crippen LogP contribution in [0.15, 0.2) is 47.4 Å². The molecular weight excluding hydrogens is 280 g/mol. The molecule has 0 aliphatic heterocycles. The van der Waals surface area contributed by atoms with Crippen molar-refractivity contribution in [2.45, 2.75) is 26.4 Å². The Hall–Kier alpha value is -2.56. The number of carbonyl (C=O) groups is 1. The van der Waals surface area contributed by atoms with Crippen molar-refractivity contribution in [2.24, 2.45) is 0 Å². The lowest BCUT2D eigenvalue weighted by Gasteiger charge is -2.10. The molecule has 0 spiro atoms. The van der Waals surface area contributed by atoms with Crippen LogP contribution in [0.5, 0.6) is 5.75 Å². The fraction of sp³-hybridized carbons (Fsp3) is 0.294. The fourth-order valence-electron chi connectivity index (χ4n) is 2.03. The minimum Gasteiger partial charge on any atom is -0.483 e. The smallest absolute Gasteiger partial charge is 0.290 e. The van der Waals surface area contributed by atoms with E-state index in [2.05, 4.69) is 10.3 Å². The summed E-state index contributed by atoms with van der Waals surface area (Å²) in [6.45, 7) is 2.90. The van der Waals surface area contributed by atoms with Crippen molar-refractivity contribution in [1.82, 2.24) is 10.3 Å². The number of H-pyrrole nitrogens is 1. The van der Waals surface area contributed by atoms with Crippen molar-refractivity contribution < 1.29 is 9.53 Å². The SMILES string of the molecule is CCCNC(=O)Cc1cc[nH]c(=O)c1OCc1ccccc1. The van der Waals surface area contributed by atoms with Gasteiger partial charge in [-0.15, -0.1) is 0 Å². The number of carbonyl (C=O) groups excluding carboxylic acids is 1. The van der Waals surface area contributed by atoms with E-state index in [1.165, 1.54) is 6.20 Å². The summed E-state index contributed by atoms with van der Waals surface area (Å²) in [4.78, 5) is 26.4. The third kappa shape index (κ3) is 4.48. The lowest BCUT2D eigenvalue weighted by molar-refractivity contribution is -0.120. The summed E-state index contributed by atoms with van der Waals surface area (Å²) in [6.07, 6.45) is 2.53. The highest BCUT2D eigenvalue weighted by atomic mass is 16.5. The van der Waals surface area contributed by atoms with Gasteiger partial charge in [-0.1, -0.05) is 37.3 Å². The topological polar surface area (TPSA) is 71.2 Å². The molecule has 0 saturated heterocycles. The van der Waals surface area contributed by atoms with Crippen LogP contribution in [0.4, 0.5) is 0 Å². The Kier molecular flexibility index (Phi) is 5.77. The van der Waals surface area contributed by atoms with E-state index in [0.29, 0.717) is 12.1 Å². The number of nitrogens with one attached hydrogen (secondary N) is 2. The highest BCUT2D eigenvalue weighted by molar-refractivity contribution is 5.79. The highest BCUT2D eigenvalue weighted by Crippen LogP contribution is 2.14. The third-order valence-corrected chi connectivity index (χ3v) is 3.15. The first kappa shape index (κ1) is 15.8. The molecule has 2 aromatic rings. The summed E-state index contributed by atoms with van der Waals surface area (Å²) in [5.41, 5.74) is 1.23. The number of hydrogen-bond donors (Lipinski definition) is 2. The summed E-state index contributed by atoms with van der Waals surface area (Å²) in [5.74, 6) is 0.0926. The molecule has 2 N–H and O–H groups in total. The van der Waals surface area contributed by atoms with Gasteiger partial charge in [-0.2, -0.15) is 0 Å². The Morgan fingerprint density at radius 3 is 2.73 bits per heavy atom. The molecule has 5 heteroatoms. The maximum absolute atomic E-state index is 11.9. The summed E-state index contributed by atoms with van der Waals surface area (Å²) >= 11 is 0. The monoisotopic (exact) mass is 300 g/mol. The molecule has 116 valence electrons. The normalized spacial score (nSPS) is 10.2. The predicted octanol–water partition coefficient (Wildman–Crippen LogP) is 2.02. The van der Waals surface area contributed by atoms with E-state index in [9.17, 15) is 9.59 Å². The number of amides is 1. The zero-order valence-corrected chi connectivity index (χ0v) is 12.6. The van der Waals surface area contributed by atoms with Crippen LogP contribution >= 0.6 is 0 Å². The van der Waals surface area contributed by atoms with E-state index in [1.54, 1.807) is 6.07 Å². The molecule has 0 fully saturated rings. The maximum atomic E-state index is 11.9. The molecular formula is C17H20N2O3. The average Bonchev–Trinajstić information content (AvgIpc) is 2.53. The van der Waals surface area contributed by atoms with Crippen LogP contribution in [-0.4, -0.2) is 17.4 Å². The lowest BCUT2D eigenvalue weighted by Crippen LogP contribution is -2.26. The quantitative estimate of drug-likeness (QED) is 0.822. The molecule has 1 aromatic heterocycles. The molecule has 0 unspecified atom stereocenters. The van der Waals surface area contributed by atoms with E-state index >= 15 is 0 Å². The number of rotatable bonds is 7. The van der Waals surface area contributed by atoms with E-state index in [1.807, 2.05) is 37.3 Å². The van der Waals surface area contributed by atoms with Crippen molar-refractivity contribution in [3.05, 3.63) is 64.1 Å². The van der Waals surface area contributed by atoms with Crippen molar-refractivity contribution in [3.8, 4) is 5.75 Å². The Bertz CT molecular complexity index is 665. The number of hydrogen-bond acceptors (Lipinski definition) is 3. The summed E-state index contributed by atoms with van der Waals surface area (Å²) in [5, 5.41) is 2.79. The van der Waals surface area contributed by atoms with Crippen LogP contribution in [0, 0.1) is 0 Å². The Labute approximate surface area is 129 Å². The van der Waals surface area contributed by atoms with E-state index in [0.717, 1.165) is 12.0 Å². The van der Waals surface area contributed by atoms with E-state index < -0.39 is 0 Å². The molecule has 1 heterocycles. The number of ether oxygens (including phenoxy) is 1. The predicted molar refractivity (Wildman–Crippen MR) is 84.8 cm³/mol. The molecule has 0 bridgehead atoms. The van der Waals surface area contributed by atoms with Crippen molar-refractivity contribution in [3.63, 3.8) is 0 Å². The minimum atomic E-state index is -0.322. The van der Waals surface area contributed by atoms with Gasteiger partial charge in [0.2, 0.25) is 5.91 Å². The number of pyridine rings is 1. The van der Waals surface area contributed by atoms with Gasteiger partial charge in [0.25, 0.3) is 5.56 Å². The Morgan fingerprint density at radius 2 is 2.00 bits per heavy atom. The van der Waals surface area contributed by atoms with Crippen LogP contribution in [0.1, 0.15) is 24.5 Å². The van der Waals surface area contributed by atoms with E-state index in [4.69, 9.17) is 4.74 Å². The van der Waals surface area contributed by atoms with Gasteiger partial charge < -0.3 is 15.0 Å². The first-order chi connectivity index (χ1) is 10.7. The lowest BCUT2D eigenvalue weighted by atomic mass is 10.1. The van der Waals surface area contributed by atoms with Gasteiger partial charge in [-0.05, 0) is 18.1 Å². The zero-order chi connectivity index (χ0) is 15.8. The second kappa shape index (κ2) is 8.02. The van der Waals surface area contributed by atoms with Gasteiger partial charge in [0.05, 0.1) is 6.42 Å². The maximum Gasteiger partial charge on any atom is 0.290 e. The molecule has 1 aromatic carbocycles. The van der Waals surface area contributed by atoms with E-state index in [-0.39, 0.29) is 30.2 Å². The first-order valence-corrected chi connectivity index (χ1v) is 7.34. The van der Waals surface area contributed by atoms with Gasteiger partial charge in [0.15, 0.2) is 5.75 Å². The minimum absolute atomic E-state index is 0.114. The standard InChI is InChI=1S/C17H20N2O3/c1-2-9-18-15(20)11-14-8-10-19-17(21)16(14)22-12-13-6-4-3-5-7-13/h3-8,10H,2,9,11-12H2,1H3,(H,18,20)(H,19,21). The molecule has 5 nitrogen and oxygen atoms in total. The van der Waals surface area contributed by atoms with Gasteiger partial charge in [-0.3, -0.25) is 9.59 Å². The zero-order valence-electron chi connectivity index (χ0n) is 12.6. The van der Waals surface area contributed by atoms with Crippen LogP contribution in [0.25, 0.3) is 0 Å². The number of aromatic nitrogens is 1. The van der Waals surface area contributed by atoms with Gasteiger partial charge in [-0.25, -0.2) is 0 Å². The van der Waals surface area contributed by atoms with Crippen molar-refractivity contribution >= 4 is 5.91 Å². The molecule has 1 amide bonds. The fourth-order valence-corrected chi connectivity index (χ4v) is 2.03. The highest BCUT2D eigenvalue weighted by Gasteiger charge is 2.12. The van der Waals surface area contributed by atoms with Crippen LogP contribution in [0.3, 0.4) is 0 Å². The number of benzene rings is 1. The van der Waals surface area contributed by atoms with Crippen LogP contribution in [0.2, 0.25) is 0 Å². The molecule has 2 rings (SSSR count).